The van der Waals surface area contributed by atoms with Crippen LogP contribution >= 0.6 is 0 Å². The standard InChI is InChI=1S/C16H19N3O2/c1-10-9-21-15-5-14(17-6-13(10)15)16(20)18-12-4-11-2-3-19(7-11)8-12/h5-6,9,11-12H,2-4,7-8H2,1H3,(H,18,20)/t11-,12-/m1/s1. The van der Waals surface area contributed by atoms with Crippen LogP contribution in [-0.4, -0.2) is 41.5 Å². The second kappa shape index (κ2) is 4.84. The lowest BCUT2D eigenvalue weighted by atomic mass is 9.97. The number of hydrogen-bond donors (Lipinski definition) is 1. The third kappa shape index (κ3) is 2.31. The summed E-state index contributed by atoms with van der Waals surface area (Å²) in [4.78, 5) is 19.1. The molecule has 0 saturated carbocycles. The van der Waals surface area contributed by atoms with E-state index < -0.39 is 0 Å². The van der Waals surface area contributed by atoms with Crippen molar-refractivity contribution in [3.8, 4) is 0 Å². The summed E-state index contributed by atoms with van der Waals surface area (Å²) in [6, 6.07) is 1.98. The number of hydrogen-bond acceptors (Lipinski definition) is 4. The van der Waals surface area contributed by atoms with Gasteiger partial charge in [-0.05, 0) is 37.8 Å². The van der Waals surface area contributed by atoms with E-state index in [0.29, 0.717) is 5.69 Å². The lowest BCUT2D eigenvalue weighted by Crippen LogP contribution is -2.47. The molecule has 5 heteroatoms. The molecule has 0 radical (unpaired) electrons. The molecule has 1 N–H and O–H groups in total. The van der Waals surface area contributed by atoms with Gasteiger partial charge in [0.25, 0.3) is 5.91 Å². The molecule has 0 spiro atoms. The Balaban J connectivity index is 1.50. The number of amides is 1. The predicted octanol–water partition coefficient (Wildman–Crippen LogP) is 1.96. The quantitative estimate of drug-likeness (QED) is 0.916. The summed E-state index contributed by atoms with van der Waals surface area (Å²) in [5, 5.41) is 4.09. The Morgan fingerprint density at radius 2 is 2.38 bits per heavy atom. The lowest BCUT2D eigenvalue weighted by molar-refractivity contribution is 0.0904. The Kier molecular flexibility index (Phi) is 2.96. The molecule has 0 aliphatic carbocycles. The molecule has 4 rings (SSSR count). The van der Waals surface area contributed by atoms with Crippen molar-refractivity contribution in [1.82, 2.24) is 15.2 Å². The summed E-state index contributed by atoms with van der Waals surface area (Å²) in [5.74, 6) is 0.644. The van der Waals surface area contributed by atoms with Gasteiger partial charge in [0.05, 0.1) is 6.26 Å². The van der Waals surface area contributed by atoms with Crippen LogP contribution in [-0.2, 0) is 0 Å². The Morgan fingerprint density at radius 3 is 3.24 bits per heavy atom. The van der Waals surface area contributed by atoms with Crippen molar-refractivity contribution in [2.75, 3.05) is 19.6 Å². The van der Waals surface area contributed by atoms with Crippen LogP contribution in [0.3, 0.4) is 0 Å². The second-order valence-electron chi connectivity index (χ2n) is 6.30. The number of carbonyl (C=O) groups is 1. The van der Waals surface area contributed by atoms with Crippen molar-refractivity contribution in [3.63, 3.8) is 0 Å². The SMILES string of the molecule is Cc1coc2cc(C(=O)N[C@@H]3C[C@H]4CCN(C4)C3)ncc12. The number of rotatable bonds is 2. The van der Waals surface area contributed by atoms with Gasteiger partial charge in [-0.3, -0.25) is 9.78 Å². The summed E-state index contributed by atoms with van der Waals surface area (Å²) in [6.45, 7) is 5.30. The average Bonchev–Trinajstić information content (AvgIpc) is 3.02. The molecular formula is C16H19N3O2. The highest BCUT2D eigenvalue weighted by Gasteiger charge is 2.33. The predicted molar refractivity (Wildman–Crippen MR) is 79.2 cm³/mol. The topological polar surface area (TPSA) is 58.4 Å². The Hall–Kier alpha value is -1.88. The minimum absolute atomic E-state index is 0.0987. The smallest absolute Gasteiger partial charge is 0.270 e. The first-order valence-corrected chi connectivity index (χ1v) is 7.56. The molecule has 21 heavy (non-hydrogen) atoms. The van der Waals surface area contributed by atoms with Crippen molar-refractivity contribution >= 4 is 16.9 Å². The normalized spacial score (nSPS) is 28.0. The van der Waals surface area contributed by atoms with Crippen LogP contribution < -0.4 is 5.32 Å². The van der Waals surface area contributed by atoms with Gasteiger partial charge in [0.15, 0.2) is 0 Å². The van der Waals surface area contributed by atoms with Crippen LogP contribution in [0.5, 0.6) is 0 Å². The number of fused-ring (bicyclic) bond motifs is 3. The molecule has 110 valence electrons. The zero-order valence-electron chi connectivity index (χ0n) is 12.1. The number of furan rings is 1. The van der Waals surface area contributed by atoms with Gasteiger partial charge in [-0.1, -0.05) is 0 Å². The zero-order chi connectivity index (χ0) is 14.4. The highest BCUT2D eigenvalue weighted by molar-refractivity contribution is 5.95. The number of nitrogens with zero attached hydrogens (tertiary/aromatic N) is 2. The summed E-state index contributed by atoms with van der Waals surface area (Å²) in [5.41, 5.74) is 2.20. The molecule has 2 aliphatic rings. The summed E-state index contributed by atoms with van der Waals surface area (Å²) in [6.07, 6.45) is 5.77. The maximum atomic E-state index is 12.4. The molecule has 1 amide bonds. The van der Waals surface area contributed by atoms with Crippen LogP contribution in [0.4, 0.5) is 0 Å². The molecule has 1 unspecified atom stereocenters. The van der Waals surface area contributed by atoms with Crippen LogP contribution in [0.1, 0.15) is 28.9 Å². The lowest BCUT2D eigenvalue weighted by Gasteiger charge is -2.30. The number of carbonyl (C=O) groups excluding carboxylic acids is 1. The van der Waals surface area contributed by atoms with Gasteiger partial charge in [0.1, 0.15) is 11.3 Å². The molecule has 2 fully saturated rings. The summed E-state index contributed by atoms with van der Waals surface area (Å²) < 4.78 is 5.45. The van der Waals surface area contributed by atoms with Gasteiger partial charge >= 0.3 is 0 Å². The minimum Gasteiger partial charge on any atom is -0.464 e. The monoisotopic (exact) mass is 285 g/mol. The van der Waals surface area contributed by atoms with E-state index in [4.69, 9.17) is 4.42 Å². The third-order valence-electron chi connectivity index (χ3n) is 4.69. The Bertz CT molecular complexity index is 682. The molecule has 4 heterocycles. The fraction of sp³-hybridized carbons (Fsp3) is 0.500. The second-order valence-corrected chi connectivity index (χ2v) is 6.30. The van der Waals surface area contributed by atoms with E-state index in [1.807, 2.05) is 6.92 Å². The first-order valence-electron chi connectivity index (χ1n) is 7.56. The first kappa shape index (κ1) is 12.8. The van der Waals surface area contributed by atoms with Crippen LogP contribution in [0.15, 0.2) is 22.9 Å². The van der Waals surface area contributed by atoms with E-state index in [2.05, 4.69) is 15.2 Å². The molecular weight excluding hydrogens is 266 g/mol. The maximum absolute atomic E-state index is 12.4. The molecule has 2 aromatic rings. The van der Waals surface area contributed by atoms with Crippen LogP contribution in [0, 0.1) is 12.8 Å². The largest absolute Gasteiger partial charge is 0.464 e. The van der Waals surface area contributed by atoms with E-state index in [1.165, 1.54) is 19.5 Å². The number of piperidine rings is 1. The molecule has 5 nitrogen and oxygen atoms in total. The van der Waals surface area contributed by atoms with Gasteiger partial charge in [-0.15, -0.1) is 0 Å². The van der Waals surface area contributed by atoms with Crippen molar-refractivity contribution in [2.24, 2.45) is 5.92 Å². The average molecular weight is 285 g/mol. The highest BCUT2D eigenvalue weighted by atomic mass is 16.3. The third-order valence-corrected chi connectivity index (χ3v) is 4.69. The van der Waals surface area contributed by atoms with Crippen molar-refractivity contribution < 1.29 is 9.21 Å². The molecule has 2 aromatic heterocycles. The minimum atomic E-state index is -0.0987. The van der Waals surface area contributed by atoms with Gasteiger partial charge in [-0.25, -0.2) is 0 Å². The molecule has 2 aliphatic heterocycles. The van der Waals surface area contributed by atoms with Gasteiger partial charge < -0.3 is 14.6 Å². The van der Waals surface area contributed by atoms with Crippen LogP contribution in [0.25, 0.3) is 11.0 Å². The van der Waals surface area contributed by atoms with E-state index >= 15 is 0 Å². The maximum Gasteiger partial charge on any atom is 0.270 e. The molecule has 2 saturated heterocycles. The number of pyridine rings is 1. The van der Waals surface area contributed by atoms with Crippen LogP contribution in [0.2, 0.25) is 0 Å². The Labute approximate surface area is 123 Å². The van der Waals surface area contributed by atoms with Crippen molar-refractivity contribution in [1.29, 1.82) is 0 Å². The van der Waals surface area contributed by atoms with Crippen molar-refractivity contribution in [2.45, 2.75) is 25.8 Å². The molecule has 2 bridgehead atoms. The highest BCUT2D eigenvalue weighted by Crippen LogP contribution is 2.27. The number of aromatic nitrogens is 1. The molecule has 0 aromatic carbocycles. The van der Waals surface area contributed by atoms with Gasteiger partial charge in [0, 0.05) is 36.8 Å². The summed E-state index contributed by atoms with van der Waals surface area (Å²) in [7, 11) is 0. The van der Waals surface area contributed by atoms with Gasteiger partial charge in [0.2, 0.25) is 0 Å². The fourth-order valence-corrected chi connectivity index (χ4v) is 3.59. The number of nitrogens with one attached hydrogen (secondary N) is 1. The van der Waals surface area contributed by atoms with E-state index in [9.17, 15) is 4.79 Å². The van der Waals surface area contributed by atoms with Crippen molar-refractivity contribution in [3.05, 3.63) is 29.8 Å². The first-order chi connectivity index (χ1) is 10.2. The Morgan fingerprint density at radius 1 is 1.48 bits per heavy atom. The fourth-order valence-electron chi connectivity index (χ4n) is 3.59. The van der Waals surface area contributed by atoms with E-state index in [0.717, 1.165) is 35.4 Å². The number of aryl methyl sites for hydroxylation is 1. The van der Waals surface area contributed by atoms with E-state index in [1.54, 1.807) is 18.5 Å². The zero-order valence-corrected chi connectivity index (χ0v) is 12.1. The van der Waals surface area contributed by atoms with E-state index in [-0.39, 0.29) is 11.9 Å². The van der Waals surface area contributed by atoms with Gasteiger partial charge in [-0.2, -0.15) is 0 Å². The molecule has 3 atom stereocenters. The summed E-state index contributed by atoms with van der Waals surface area (Å²) >= 11 is 0.